The molecule has 0 aliphatic carbocycles. The van der Waals surface area contributed by atoms with Crippen molar-refractivity contribution in [1.82, 2.24) is 4.90 Å². The van der Waals surface area contributed by atoms with E-state index in [9.17, 15) is 25.0 Å². The zero-order valence-electron chi connectivity index (χ0n) is 13.2. The van der Waals surface area contributed by atoms with Crippen molar-refractivity contribution < 1.29 is 19.4 Å². The van der Waals surface area contributed by atoms with Gasteiger partial charge in [-0.15, -0.1) is 0 Å². The van der Waals surface area contributed by atoms with Crippen LogP contribution in [0.15, 0.2) is 12.3 Å². The maximum atomic E-state index is 12.0. The largest absolute Gasteiger partial charge is 0.462 e. The van der Waals surface area contributed by atoms with Gasteiger partial charge in [-0.2, -0.15) is 0 Å². The number of nitro benzene ring substituents is 2. The topological polar surface area (TPSA) is 116 Å². The van der Waals surface area contributed by atoms with Crippen LogP contribution in [-0.4, -0.2) is 41.4 Å². The Bertz CT molecular complexity index is 682. The van der Waals surface area contributed by atoms with Crippen LogP contribution in [0.2, 0.25) is 0 Å². The molecule has 124 valence electrons. The summed E-state index contributed by atoms with van der Waals surface area (Å²) in [4.78, 5) is 34.5. The van der Waals surface area contributed by atoms with Gasteiger partial charge in [0.2, 0.25) is 0 Å². The Hall–Kier alpha value is -2.97. The molecule has 0 atom stereocenters. The van der Waals surface area contributed by atoms with E-state index in [0.717, 1.165) is 6.07 Å². The molecular formula is C14H17N3O6. The van der Waals surface area contributed by atoms with E-state index in [-0.39, 0.29) is 23.3 Å². The molecule has 9 heteroatoms. The average Bonchev–Trinajstić information content (AvgIpc) is 2.44. The number of hydrogen-bond acceptors (Lipinski definition) is 7. The first-order chi connectivity index (χ1) is 10.7. The normalized spacial score (nSPS) is 10.6. The fraction of sp³-hybridized carbons (Fsp3) is 0.357. The molecule has 0 saturated carbocycles. The lowest BCUT2D eigenvalue weighted by Gasteiger charge is -2.11. The van der Waals surface area contributed by atoms with Gasteiger partial charge in [0.05, 0.1) is 28.1 Å². The van der Waals surface area contributed by atoms with Crippen LogP contribution in [0.25, 0.3) is 6.08 Å². The first-order valence-corrected chi connectivity index (χ1v) is 6.68. The number of nitrogens with zero attached hydrogens (tertiary/aromatic N) is 3. The minimum Gasteiger partial charge on any atom is -0.462 e. The maximum Gasteiger partial charge on any atom is 0.345 e. The van der Waals surface area contributed by atoms with Gasteiger partial charge in [0.1, 0.15) is 5.56 Å². The lowest BCUT2D eigenvalue weighted by atomic mass is 9.98. The number of ether oxygens (including phenoxy) is 1. The zero-order valence-corrected chi connectivity index (χ0v) is 13.2. The van der Waals surface area contributed by atoms with Gasteiger partial charge in [-0.1, -0.05) is 0 Å². The number of rotatable bonds is 6. The van der Waals surface area contributed by atoms with Crippen molar-refractivity contribution in [2.75, 3.05) is 20.7 Å². The van der Waals surface area contributed by atoms with E-state index in [0.29, 0.717) is 0 Å². The first-order valence-electron chi connectivity index (χ1n) is 6.68. The number of hydrogen-bond donors (Lipinski definition) is 0. The second kappa shape index (κ2) is 7.34. The van der Waals surface area contributed by atoms with Crippen LogP contribution in [-0.2, 0) is 4.74 Å². The summed E-state index contributed by atoms with van der Waals surface area (Å²) in [5, 5.41) is 22.4. The Kier molecular flexibility index (Phi) is 5.77. The third-order valence-corrected chi connectivity index (χ3v) is 3.00. The Morgan fingerprint density at radius 3 is 2.26 bits per heavy atom. The molecule has 0 aromatic heterocycles. The van der Waals surface area contributed by atoms with Crippen LogP contribution < -0.4 is 0 Å². The van der Waals surface area contributed by atoms with Crippen molar-refractivity contribution in [2.24, 2.45) is 0 Å². The minimum atomic E-state index is -0.883. The van der Waals surface area contributed by atoms with E-state index in [1.54, 1.807) is 32.1 Å². The van der Waals surface area contributed by atoms with Gasteiger partial charge in [0.25, 0.3) is 11.4 Å². The zero-order chi connectivity index (χ0) is 17.7. The van der Waals surface area contributed by atoms with Gasteiger partial charge < -0.3 is 9.64 Å². The third kappa shape index (κ3) is 4.02. The number of carbonyl (C=O) groups excluding carboxylic acids is 1. The Morgan fingerprint density at radius 2 is 1.83 bits per heavy atom. The molecule has 0 saturated heterocycles. The molecule has 0 bridgehead atoms. The van der Waals surface area contributed by atoms with Crippen molar-refractivity contribution in [1.29, 1.82) is 0 Å². The highest BCUT2D eigenvalue weighted by atomic mass is 16.6. The highest BCUT2D eigenvalue weighted by molar-refractivity contribution is 5.97. The van der Waals surface area contributed by atoms with Crippen LogP contribution in [0.4, 0.5) is 11.4 Å². The number of carbonyl (C=O) groups is 1. The van der Waals surface area contributed by atoms with Crippen molar-refractivity contribution in [2.45, 2.75) is 13.8 Å². The second-order valence-electron chi connectivity index (χ2n) is 4.84. The summed E-state index contributed by atoms with van der Waals surface area (Å²) in [6.07, 6.45) is 2.98. The van der Waals surface area contributed by atoms with Gasteiger partial charge in [-0.25, -0.2) is 4.79 Å². The van der Waals surface area contributed by atoms with Crippen LogP contribution in [0, 0.1) is 27.2 Å². The first kappa shape index (κ1) is 18.1. The van der Waals surface area contributed by atoms with Crippen molar-refractivity contribution in [3.8, 4) is 0 Å². The van der Waals surface area contributed by atoms with Crippen LogP contribution in [0.1, 0.15) is 28.4 Å². The van der Waals surface area contributed by atoms with Gasteiger partial charge in [-0.05, 0) is 31.7 Å². The van der Waals surface area contributed by atoms with Gasteiger partial charge in [0, 0.05) is 14.1 Å². The second-order valence-corrected chi connectivity index (χ2v) is 4.84. The molecule has 0 aliphatic rings. The molecule has 23 heavy (non-hydrogen) atoms. The molecule has 0 radical (unpaired) electrons. The molecule has 0 N–H and O–H groups in total. The summed E-state index contributed by atoms with van der Waals surface area (Å²) in [5.41, 5.74) is -1.12. The van der Waals surface area contributed by atoms with Crippen molar-refractivity contribution in [3.63, 3.8) is 0 Å². The highest BCUT2D eigenvalue weighted by Crippen LogP contribution is 2.34. The summed E-state index contributed by atoms with van der Waals surface area (Å²) in [5.74, 6) is -0.883. The molecule has 1 rings (SSSR count). The van der Waals surface area contributed by atoms with E-state index < -0.39 is 27.2 Å². The van der Waals surface area contributed by atoms with E-state index in [4.69, 9.17) is 4.74 Å². The molecule has 0 aliphatic heterocycles. The van der Waals surface area contributed by atoms with E-state index in [2.05, 4.69) is 0 Å². The van der Waals surface area contributed by atoms with Gasteiger partial charge in [0.15, 0.2) is 0 Å². The van der Waals surface area contributed by atoms with Crippen LogP contribution >= 0.6 is 0 Å². The highest BCUT2D eigenvalue weighted by Gasteiger charge is 2.31. The molecular weight excluding hydrogens is 306 g/mol. The molecule has 9 nitrogen and oxygen atoms in total. The minimum absolute atomic E-state index is 0.0370. The fourth-order valence-electron chi connectivity index (χ4n) is 1.99. The van der Waals surface area contributed by atoms with Crippen molar-refractivity contribution in [3.05, 3.63) is 49.2 Å². The summed E-state index contributed by atoms with van der Waals surface area (Å²) >= 11 is 0. The predicted molar refractivity (Wildman–Crippen MR) is 83.2 cm³/mol. The predicted octanol–water partition coefficient (Wildman–Crippen LogP) is 2.52. The lowest BCUT2D eigenvalue weighted by molar-refractivity contribution is -0.394. The summed E-state index contributed by atoms with van der Waals surface area (Å²) in [6, 6.07) is 0.786. The molecule has 0 unspecified atom stereocenters. The molecule has 0 fully saturated rings. The summed E-state index contributed by atoms with van der Waals surface area (Å²) in [6.45, 7) is 3.02. The van der Waals surface area contributed by atoms with Crippen LogP contribution in [0.3, 0.4) is 0 Å². The quantitative estimate of drug-likeness (QED) is 0.448. The number of nitro groups is 2. The van der Waals surface area contributed by atoms with E-state index in [1.165, 1.54) is 13.0 Å². The van der Waals surface area contributed by atoms with E-state index >= 15 is 0 Å². The molecule has 0 heterocycles. The molecule has 0 spiro atoms. The average molecular weight is 323 g/mol. The Labute approximate surface area is 132 Å². The maximum absolute atomic E-state index is 12.0. The Morgan fingerprint density at radius 1 is 1.26 bits per heavy atom. The SMILES string of the molecule is CCOC(=O)c1c([N+](=O)[O-])cc([N+](=O)[O-])c(/C=C/N(C)C)c1C. The summed E-state index contributed by atoms with van der Waals surface area (Å²) in [7, 11) is 3.44. The van der Waals surface area contributed by atoms with Gasteiger partial charge >= 0.3 is 5.97 Å². The molecule has 1 aromatic rings. The van der Waals surface area contributed by atoms with Gasteiger partial charge in [-0.3, -0.25) is 20.2 Å². The number of benzene rings is 1. The smallest absolute Gasteiger partial charge is 0.345 e. The Balaban J connectivity index is 3.74. The van der Waals surface area contributed by atoms with Crippen molar-refractivity contribution >= 4 is 23.4 Å². The molecule has 1 aromatic carbocycles. The summed E-state index contributed by atoms with van der Waals surface area (Å²) < 4.78 is 4.83. The number of esters is 1. The fourth-order valence-corrected chi connectivity index (χ4v) is 1.99. The lowest BCUT2D eigenvalue weighted by Crippen LogP contribution is -2.12. The third-order valence-electron chi connectivity index (χ3n) is 3.00. The van der Waals surface area contributed by atoms with Crippen LogP contribution in [0.5, 0.6) is 0 Å². The molecule has 0 amide bonds. The standard InChI is InChI=1S/C14H17N3O6/c1-5-23-14(18)13-9(2)10(6-7-15(3)4)11(16(19)20)8-12(13)17(21)22/h6-8H,5H2,1-4H3/b7-6+. The monoisotopic (exact) mass is 323 g/mol. The van der Waals surface area contributed by atoms with E-state index in [1.807, 2.05) is 0 Å².